The first kappa shape index (κ1) is 23.5. The van der Waals surface area contributed by atoms with Crippen molar-refractivity contribution in [2.24, 2.45) is 11.1 Å². The van der Waals surface area contributed by atoms with E-state index >= 15 is 0 Å². The molecule has 2 aromatic carbocycles. The average Bonchev–Trinajstić information content (AvgIpc) is 2.80. The minimum Gasteiger partial charge on any atom is -0.464 e. The highest BCUT2D eigenvalue weighted by Crippen LogP contribution is 2.26. The van der Waals surface area contributed by atoms with Crippen molar-refractivity contribution in [2.45, 2.75) is 45.1 Å². The maximum absolute atomic E-state index is 12.7. The predicted molar refractivity (Wildman–Crippen MR) is 125 cm³/mol. The van der Waals surface area contributed by atoms with Crippen LogP contribution >= 0.6 is 0 Å². The van der Waals surface area contributed by atoms with Crippen LogP contribution in [0, 0.1) is 5.41 Å². The number of nitrogens with two attached hydrogens (primary N) is 1. The van der Waals surface area contributed by atoms with Gasteiger partial charge in [-0.25, -0.2) is 0 Å². The molecular formula is C26H36N2O3. The summed E-state index contributed by atoms with van der Waals surface area (Å²) in [5.74, 6) is -0.359. The number of aliphatic hydroxyl groups is 1. The first-order valence-electron chi connectivity index (χ1n) is 11.4. The van der Waals surface area contributed by atoms with Gasteiger partial charge in [0.15, 0.2) is 0 Å². The standard InChI is InChI=1S/C26H36N2O3/c1-26(20-29,25(30)31-17-16-28-14-6-3-7-15-28)19-24(27)18-21-10-12-23(13-11-21)22-8-4-2-5-9-22/h2,4-5,8-13,24,29H,3,6-7,14-20,27H2,1H3/t24-,26?/m1/s1. The van der Waals surface area contributed by atoms with E-state index in [0.29, 0.717) is 19.4 Å². The summed E-state index contributed by atoms with van der Waals surface area (Å²) < 4.78 is 5.52. The smallest absolute Gasteiger partial charge is 0.314 e. The lowest BCUT2D eigenvalue weighted by molar-refractivity contribution is -0.158. The summed E-state index contributed by atoms with van der Waals surface area (Å²) in [4.78, 5) is 15.0. The Morgan fingerprint density at radius 1 is 1.06 bits per heavy atom. The number of likely N-dealkylation sites (tertiary alicyclic amines) is 1. The lowest BCUT2D eigenvalue weighted by atomic mass is 9.83. The van der Waals surface area contributed by atoms with E-state index in [1.54, 1.807) is 6.92 Å². The fraction of sp³-hybridized carbons (Fsp3) is 0.500. The SMILES string of the molecule is CC(CO)(C[C@H](N)Cc1ccc(-c2ccccc2)cc1)C(=O)OCCN1CCCCC1. The quantitative estimate of drug-likeness (QED) is 0.570. The van der Waals surface area contributed by atoms with E-state index < -0.39 is 5.41 Å². The molecule has 3 N–H and O–H groups in total. The number of carbonyl (C=O) groups is 1. The van der Waals surface area contributed by atoms with E-state index in [2.05, 4.69) is 41.3 Å². The van der Waals surface area contributed by atoms with Crippen molar-refractivity contribution in [3.8, 4) is 11.1 Å². The zero-order valence-electron chi connectivity index (χ0n) is 18.6. The molecule has 3 rings (SSSR count). The van der Waals surface area contributed by atoms with Crippen LogP contribution in [0.25, 0.3) is 11.1 Å². The molecule has 0 bridgehead atoms. The molecule has 0 aromatic heterocycles. The lowest BCUT2D eigenvalue weighted by Crippen LogP contribution is -2.41. The van der Waals surface area contributed by atoms with Gasteiger partial charge in [0.1, 0.15) is 6.61 Å². The molecule has 0 aliphatic carbocycles. The summed E-state index contributed by atoms with van der Waals surface area (Å²) in [5.41, 5.74) is 8.85. The van der Waals surface area contributed by atoms with Crippen molar-refractivity contribution >= 4 is 5.97 Å². The monoisotopic (exact) mass is 424 g/mol. The van der Waals surface area contributed by atoms with Crippen molar-refractivity contribution in [2.75, 3.05) is 32.8 Å². The molecule has 0 amide bonds. The van der Waals surface area contributed by atoms with Crippen LogP contribution in [0.2, 0.25) is 0 Å². The summed E-state index contributed by atoms with van der Waals surface area (Å²) >= 11 is 0. The maximum atomic E-state index is 12.7. The highest BCUT2D eigenvalue weighted by molar-refractivity contribution is 5.76. The minimum absolute atomic E-state index is 0.241. The molecule has 31 heavy (non-hydrogen) atoms. The predicted octanol–water partition coefficient (Wildman–Crippen LogP) is 3.64. The molecule has 1 unspecified atom stereocenters. The Hall–Kier alpha value is -2.21. The van der Waals surface area contributed by atoms with Crippen molar-refractivity contribution in [3.05, 3.63) is 60.2 Å². The molecule has 1 heterocycles. The third kappa shape index (κ3) is 6.89. The summed E-state index contributed by atoms with van der Waals surface area (Å²) in [6.07, 6.45) is 4.73. The Balaban J connectivity index is 1.49. The van der Waals surface area contributed by atoms with Gasteiger partial charge in [-0.05, 0) is 62.4 Å². The average molecular weight is 425 g/mol. The van der Waals surface area contributed by atoms with Crippen LogP contribution in [0.3, 0.4) is 0 Å². The topological polar surface area (TPSA) is 75.8 Å². The van der Waals surface area contributed by atoms with Gasteiger partial charge in [0.2, 0.25) is 0 Å². The molecule has 1 fully saturated rings. The molecule has 0 saturated carbocycles. The number of nitrogens with zero attached hydrogens (tertiary/aromatic N) is 1. The summed E-state index contributed by atoms with van der Waals surface area (Å²) in [7, 11) is 0. The molecule has 2 aromatic rings. The Bertz CT molecular complexity index is 803. The van der Waals surface area contributed by atoms with Gasteiger partial charge in [-0.2, -0.15) is 0 Å². The normalized spacial score (nSPS) is 17.6. The van der Waals surface area contributed by atoms with Gasteiger partial charge in [0, 0.05) is 12.6 Å². The maximum Gasteiger partial charge on any atom is 0.314 e. The molecular weight excluding hydrogens is 388 g/mol. The first-order chi connectivity index (χ1) is 15.0. The molecule has 5 heteroatoms. The van der Waals surface area contributed by atoms with Crippen LogP contribution < -0.4 is 5.73 Å². The summed E-state index contributed by atoms with van der Waals surface area (Å²) in [5, 5.41) is 9.91. The lowest BCUT2D eigenvalue weighted by Gasteiger charge is -2.30. The van der Waals surface area contributed by atoms with E-state index in [1.807, 2.05) is 18.2 Å². The number of hydrogen-bond acceptors (Lipinski definition) is 5. The van der Waals surface area contributed by atoms with E-state index in [0.717, 1.165) is 30.8 Å². The fourth-order valence-corrected chi connectivity index (χ4v) is 4.25. The fourth-order valence-electron chi connectivity index (χ4n) is 4.25. The van der Waals surface area contributed by atoms with Crippen LogP contribution in [0.5, 0.6) is 0 Å². The molecule has 1 saturated heterocycles. The van der Waals surface area contributed by atoms with Crippen LogP contribution in [0.4, 0.5) is 0 Å². The number of rotatable bonds is 10. The highest BCUT2D eigenvalue weighted by Gasteiger charge is 2.36. The second-order valence-corrected chi connectivity index (χ2v) is 8.99. The van der Waals surface area contributed by atoms with Gasteiger partial charge in [0.05, 0.1) is 12.0 Å². The van der Waals surface area contributed by atoms with Gasteiger partial charge in [-0.3, -0.25) is 9.69 Å². The summed E-state index contributed by atoms with van der Waals surface area (Å²) in [6.45, 7) is 4.74. The van der Waals surface area contributed by atoms with E-state index in [-0.39, 0.29) is 18.6 Å². The molecule has 1 aliphatic heterocycles. The number of carbonyl (C=O) groups excluding carboxylic acids is 1. The summed E-state index contributed by atoms with van der Waals surface area (Å²) in [6, 6.07) is 18.3. The van der Waals surface area contributed by atoms with Crippen molar-refractivity contribution in [1.82, 2.24) is 4.90 Å². The molecule has 0 radical (unpaired) electrons. The third-order valence-corrected chi connectivity index (χ3v) is 6.20. The zero-order valence-corrected chi connectivity index (χ0v) is 18.6. The highest BCUT2D eigenvalue weighted by atomic mass is 16.5. The van der Waals surface area contributed by atoms with E-state index in [9.17, 15) is 9.90 Å². The Morgan fingerprint density at radius 2 is 1.71 bits per heavy atom. The van der Waals surface area contributed by atoms with Crippen LogP contribution in [-0.2, 0) is 16.0 Å². The minimum atomic E-state index is -0.981. The number of ether oxygens (including phenoxy) is 1. The van der Waals surface area contributed by atoms with Gasteiger partial charge in [0.25, 0.3) is 0 Å². The van der Waals surface area contributed by atoms with Crippen LogP contribution in [0.1, 0.15) is 38.2 Å². The number of esters is 1. The largest absolute Gasteiger partial charge is 0.464 e. The number of aliphatic hydroxyl groups excluding tert-OH is 1. The van der Waals surface area contributed by atoms with Crippen LogP contribution in [-0.4, -0.2) is 54.9 Å². The van der Waals surface area contributed by atoms with Gasteiger partial charge in [-0.15, -0.1) is 0 Å². The first-order valence-corrected chi connectivity index (χ1v) is 11.4. The zero-order chi connectivity index (χ0) is 22.1. The Morgan fingerprint density at radius 3 is 2.35 bits per heavy atom. The Labute approximate surface area is 186 Å². The molecule has 5 nitrogen and oxygen atoms in total. The van der Waals surface area contributed by atoms with Gasteiger partial charge in [-0.1, -0.05) is 61.0 Å². The van der Waals surface area contributed by atoms with Crippen molar-refractivity contribution in [3.63, 3.8) is 0 Å². The number of piperidine rings is 1. The second-order valence-electron chi connectivity index (χ2n) is 8.99. The van der Waals surface area contributed by atoms with Crippen molar-refractivity contribution in [1.29, 1.82) is 0 Å². The van der Waals surface area contributed by atoms with E-state index in [4.69, 9.17) is 10.5 Å². The number of benzene rings is 2. The molecule has 1 aliphatic rings. The molecule has 168 valence electrons. The Kier molecular flexibility index (Phi) is 8.64. The molecule has 0 spiro atoms. The number of hydrogen-bond donors (Lipinski definition) is 2. The molecule has 2 atom stereocenters. The van der Waals surface area contributed by atoms with E-state index in [1.165, 1.54) is 24.8 Å². The van der Waals surface area contributed by atoms with Gasteiger partial charge >= 0.3 is 5.97 Å². The third-order valence-electron chi connectivity index (χ3n) is 6.20. The van der Waals surface area contributed by atoms with Gasteiger partial charge < -0.3 is 15.6 Å². The van der Waals surface area contributed by atoms with Crippen LogP contribution in [0.15, 0.2) is 54.6 Å². The van der Waals surface area contributed by atoms with Crippen molar-refractivity contribution < 1.29 is 14.6 Å². The second kappa shape index (κ2) is 11.4.